The van der Waals surface area contributed by atoms with Crippen LogP contribution in [0.15, 0.2) is 18.5 Å². The maximum atomic E-state index is 12.1. The molecule has 1 heterocycles. The Balaban J connectivity index is 2.73. The lowest BCUT2D eigenvalue weighted by molar-refractivity contribution is -0.145. The van der Waals surface area contributed by atoms with Gasteiger partial charge in [0.1, 0.15) is 0 Å². The molecule has 2 nitrogen and oxygen atoms in total. The van der Waals surface area contributed by atoms with Crippen LogP contribution in [0.4, 0.5) is 13.2 Å². The summed E-state index contributed by atoms with van der Waals surface area (Å²) in [4.78, 5) is 6.44. The van der Waals surface area contributed by atoms with Gasteiger partial charge in [0.15, 0.2) is 0 Å². The Morgan fingerprint density at radius 2 is 1.87 bits per heavy atom. The quantitative estimate of drug-likeness (QED) is 0.814. The van der Waals surface area contributed by atoms with Gasteiger partial charge in [-0.2, -0.15) is 25.8 Å². The van der Waals surface area contributed by atoms with Crippen molar-refractivity contribution in [2.24, 2.45) is 0 Å². The SMILES string of the molecule is FC(F)(F)c1ncc(C=CCCS)cn1. The van der Waals surface area contributed by atoms with Crippen LogP contribution in [0.1, 0.15) is 17.8 Å². The van der Waals surface area contributed by atoms with Crippen LogP contribution in [-0.2, 0) is 6.18 Å². The minimum Gasteiger partial charge on any atom is -0.232 e. The Morgan fingerprint density at radius 1 is 1.27 bits per heavy atom. The van der Waals surface area contributed by atoms with E-state index in [1.54, 1.807) is 12.2 Å². The number of hydrogen-bond donors (Lipinski definition) is 1. The van der Waals surface area contributed by atoms with Crippen LogP contribution in [0.25, 0.3) is 6.08 Å². The summed E-state index contributed by atoms with van der Waals surface area (Å²) in [6.07, 6.45) is 2.03. The molecule has 0 bridgehead atoms. The minimum absolute atomic E-state index is 0.546. The van der Waals surface area contributed by atoms with E-state index in [0.29, 0.717) is 11.3 Å². The number of allylic oxidation sites excluding steroid dienone is 1. The predicted molar refractivity (Wildman–Crippen MR) is 54.5 cm³/mol. The van der Waals surface area contributed by atoms with Crippen LogP contribution in [0.3, 0.4) is 0 Å². The Hall–Kier alpha value is -1.04. The smallest absolute Gasteiger partial charge is 0.232 e. The number of nitrogens with zero attached hydrogens (tertiary/aromatic N) is 2. The van der Waals surface area contributed by atoms with Gasteiger partial charge in [-0.05, 0) is 12.2 Å². The molecule has 15 heavy (non-hydrogen) atoms. The fourth-order valence-electron chi connectivity index (χ4n) is 0.864. The Bertz CT molecular complexity index is 332. The van der Waals surface area contributed by atoms with Crippen molar-refractivity contribution < 1.29 is 13.2 Å². The number of thiol groups is 1. The zero-order chi connectivity index (χ0) is 11.3. The number of aromatic nitrogens is 2. The van der Waals surface area contributed by atoms with Crippen molar-refractivity contribution in [3.8, 4) is 0 Å². The van der Waals surface area contributed by atoms with Gasteiger partial charge in [0.25, 0.3) is 0 Å². The molecule has 0 atom stereocenters. The second-order valence-electron chi connectivity index (χ2n) is 2.75. The third-order valence-corrected chi connectivity index (χ3v) is 1.79. The molecule has 0 saturated heterocycles. The van der Waals surface area contributed by atoms with Gasteiger partial charge in [0.2, 0.25) is 5.82 Å². The number of hydrogen-bond acceptors (Lipinski definition) is 3. The summed E-state index contributed by atoms with van der Waals surface area (Å²) in [6.45, 7) is 0. The summed E-state index contributed by atoms with van der Waals surface area (Å²) in [5.41, 5.74) is 0.546. The summed E-state index contributed by atoms with van der Waals surface area (Å²) in [7, 11) is 0. The molecule has 0 radical (unpaired) electrons. The lowest BCUT2D eigenvalue weighted by atomic mass is 10.3. The monoisotopic (exact) mass is 234 g/mol. The van der Waals surface area contributed by atoms with Crippen LogP contribution in [-0.4, -0.2) is 15.7 Å². The van der Waals surface area contributed by atoms with E-state index in [1.807, 2.05) is 0 Å². The van der Waals surface area contributed by atoms with Crippen molar-refractivity contribution in [1.29, 1.82) is 0 Å². The molecular formula is C9H9F3N2S. The van der Waals surface area contributed by atoms with E-state index in [-0.39, 0.29) is 0 Å². The van der Waals surface area contributed by atoms with E-state index in [4.69, 9.17) is 0 Å². The molecule has 0 saturated carbocycles. The first-order valence-corrected chi connectivity index (χ1v) is 4.84. The van der Waals surface area contributed by atoms with E-state index in [1.165, 1.54) is 0 Å². The second kappa shape index (κ2) is 5.16. The van der Waals surface area contributed by atoms with Gasteiger partial charge in [-0.1, -0.05) is 12.2 Å². The molecule has 0 fully saturated rings. The van der Waals surface area contributed by atoms with Crippen molar-refractivity contribution in [3.05, 3.63) is 29.9 Å². The number of alkyl halides is 3. The highest BCUT2D eigenvalue weighted by Gasteiger charge is 2.34. The zero-order valence-electron chi connectivity index (χ0n) is 7.70. The first kappa shape index (κ1) is 12.0. The summed E-state index contributed by atoms with van der Waals surface area (Å²) in [5.74, 6) is -0.424. The Morgan fingerprint density at radius 3 is 2.33 bits per heavy atom. The molecule has 0 N–H and O–H groups in total. The normalized spacial score (nSPS) is 12.3. The third kappa shape index (κ3) is 3.91. The fourth-order valence-corrected chi connectivity index (χ4v) is 1.01. The summed E-state index contributed by atoms with van der Waals surface area (Å²) < 4.78 is 36.2. The van der Waals surface area contributed by atoms with Crippen LogP contribution in [0, 0.1) is 0 Å². The number of halogens is 3. The van der Waals surface area contributed by atoms with Crippen LogP contribution in [0.2, 0.25) is 0 Å². The van der Waals surface area contributed by atoms with Gasteiger partial charge in [-0.15, -0.1) is 0 Å². The van der Waals surface area contributed by atoms with Gasteiger partial charge in [0, 0.05) is 18.0 Å². The van der Waals surface area contributed by atoms with Gasteiger partial charge < -0.3 is 0 Å². The Kier molecular flexibility index (Phi) is 4.14. The molecular weight excluding hydrogens is 225 g/mol. The van der Waals surface area contributed by atoms with Crippen LogP contribution < -0.4 is 0 Å². The first-order valence-electron chi connectivity index (χ1n) is 4.20. The zero-order valence-corrected chi connectivity index (χ0v) is 8.59. The van der Waals surface area contributed by atoms with Crippen molar-refractivity contribution in [2.45, 2.75) is 12.6 Å². The molecule has 1 rings (SSSR count). The molecule has 0 aliphatic carbocycles. The summed E-state index contributed by atoms with van der Waals surface area (Å²) in [6, 6.07) is 0. The van der Waals surface area contributed by atoms with E-state index < -0.39 is 12.0 Å². The molecule has 0 spiro atoms. The van der Waals surface area contributed by atoms with Crippen LogP contribution >= 0.6 is 12.6 Å². The molecule has 0 aromatic carbocycles. The highest BCUT2D eigenvalue weighted by molar-refractivity contribution is 7.80. The molecule has 0 unspecified atom stereocenters. The van der Waals surface area contributed by atoms with Crippen LogP contribution in [0.5, 0.6) is 0 Å². The Labute approximate surface area is 90.7 Å². The van der Waals surface area contributed by atoms with Crippen molar-refractivity contribution >= 4 is 18.7 Å². The third-order valence-electron chi connectivity index (χ3n) is 1.53. The van der Waals surface area contributed by atoms with Gasteiger partial charge in [0.05, 0.1) is 0 Å². The van der Waals surface area contributed by atoms with Gasteiger partial charge in [-0.3, -0.25) is 0 Å². The minimum atomic E-state index is -4.48. The fraction of sp³-hybridized carbons (Fsp3) is 0.333. The molecule has 0 amide bonds. The van der Waals surface area contributed by atoms with Crippen molar-refractivity contribution in [2.75, 3.05) is 5.75 Å². The van der Waals surface area contributed by atoms with Gasteiger partial charge >= 0.3 is 6.18 Å². The van der Waals surface area contributed by atoms with Crippen molar-refractivity contribution in [1.82, 2.24) is 9.97 Å². The highest BCUT2D eigenvalue weighted by atomic mass is 32.1. The predicted octanol–water partition coefficient (Wildman–Crippen LogP) is 2.83. The second-order valence-corrected chi connectivity index (χ2v) is 3.20. The topological polar surface area (TPSA) is 25.8 Å². The van der Waals surface area contributed by atoms with E-state index in [9.17, 15) is 13.2 Å². The van der Waals surface area contributed by atoms with E-state index in [0.717, 1.165) is 18.8 Å². The largest absolute Gasteiger partial charge is 0.451 e. The van der Waals surface area contributed by atoms with E-state index >= 15 is 0 Å². The van der Waals surface area contributed by atoms with E-state index in [2.05, 4.69) is 22.6 Å². The molecule has 1 aromatic rings. The lowest BCUT2D eigenvalue weighted by Gasteiger charge is -2.03. The molecule has 1 aromatic heterocycles. The average molecular weight is 234 g/mol. The standard InChI is InChI=1S/C9H9F3N2S/c10-9(11,12)8-13-5-7(6-14-8)3-1-2-4-15/h1,3,5-6,15H,2,4H2. The molecule has 6 heteroatoms. The van der Waals surface area contributed by atoms with Crippen molar-refractivity contribution in [3.63, 3.8) is 0 Å². The summed E-state index contributed by atoms with van der Waals surface area (Å²) in [5, 5.41) is 0. The number of rotatable bonds is 3. The lowest BCUT2D eigenvalue weighted by Crippen LogP contribution is -2.10. The average Bonchev–Trinajstić information content (AvgIpc) is 2.18. The summed E-state index contributed by atoms with van der Waals surface area (Å²) >= 11 is 3.99. The molecule has 0 aliphatic heterocycles. The first-order chi connectivity index (χ1) is 7.04. The van der Waals surface area contributed by atoms with Gasteiger partial charge in [-0.25, -0.2) is 9.97 Å². The highest BCUT2D eigenvalue weighted by Crippen LogP contribution is 2.25. The molecule has 0 aliphatic rings. The molecule has 82 valence electrons. The maximum absolute atomic E-state index is 12.1. The maximum Gasteiger partial charge on any atom is 0.451 e.